The second-order valence-electron chi connectivity index (χ2n) is 7.11. The summed E-state index contributed by atoms with van der Waals surface area (Å²) in [6.45, 7) is 8.64. The molecule has 0 unspecified atom stereocenters. The summed E-state index contributed by atoms with van der Waals surface area (Å²) >= 11 is 0. The maximum atomic E-state index is 12.2. The highest BCUT2D eigenvalue weighted by Crippen LogP contribution is 2.29. The second kappa shape index (κ2) is 12.4. The monoisotopic (exact) mass is 425 g/mol. The Morgan fingerprint density at radius 1 is 1.03 bits per heavy atom. The summed E-state index contributed by atoms with van der Waals surface area (Å²) in [6, 6.07) is 12.9. The number of hydrogen-bond donors (Lipinski definition) is 1. The highest BCUT2D eigenvalue weighted by molar-refractivity contribution is 5.96. The molecule has 1 N–H and O–H groups in total. The van der Waals surface area contributed by atoms with Crippen LogP contribution >= 0.6 is 0 Å². The average Bonchev–Trinajstić information content (AvgIpc) is 2.75. The number of amides is 1. The van der Waals surface area contributed by atoms with Crippen LogP contribution in [0.5, 0.6) is 11.5 Å². The van der Waals surface area contributed by atoms with Gasteiger partial charge < -0.3 is 19.5 Å². The van der Waals surface area contributed by atoms with Gasteiger partial charge in [-0.2, -0.15) is 0 Å². The lowest BCUT2D eigenvalue weighted by Crippen LogP contribution is -2.29. The first-order valence-electron chi connectivity index (χ1n) is 10.6. The molecule has 1 atom stereocenters. The standard InChI is InChI=1S/C25H31NO5/c1-5-7-16-30-22-14-10-20(17-23(22)29-6-2)11-15-24(27)31-19(4)25(28)26-21-12-8-18(3)9-13-21/h8-15,17,19H,5-7,16H2,1-4H3,(H,26,28)/b15-11+/t19-/m1/s1. The minimum atomic E-state index is -0.924. The predicted octanol–water partition coefficient (Wildman–Crippen LogP) is 5.16. The van der Waals surface area contributed by atoms with Crippen LogP contribution < -0.4 is 14.8 Å². The molecule has 2 aromatic carbocycles. The van der Waals surface area contributed by atoms with Gasteiger partial charge in [-0.1, -0.05) is 37.1 Å². The number of benzene rings is 2. The van der Waals surface area contributed by atoms with Gasteiger partial charge in [0.15, 0.2) is 17.6 Å². The van der Waals surface area contributed by atoms with E-state index in [2.05, 4.69) is 12.2 Å². The zero-order valence-electron chi connectivity index (χ0n) is 18.6. The summed E-state index contributed by atoms with van der Waals surface area (Å²) in [5.41, 5.74) is 2.51. The van der Waals surface area contributed by atoms with Crippen LogP contribution in [-0.4, -0.2) is 31.2 Å². The molecule has 0 saturated carbocycles. The van der Waals surface area contributed by atoms with E-state index in [0.717, 1.165) is 24.0 Å². The van der Waals surface area contributed by atoms with Crippen LogP contribution in [0.3, 0.4) is 0 Å². The molecular formula is C25H31NO5. The molecule has 0 aliphatic carbocycles. The lowest BCUT2D eigenvalue weighted by Gasteiger charge is -2.13. The number of aryl methyl sites for hydroxylation is 1. The van der Waals surface area contributed by atoms with Crippen molar-refractivity contribution in [2.75, 3.05) is 18.5 Å². The van der Waals surface area contributed by atoms with Gasteiger partial charge in [-0.15, -0.1) is 0 Å². The molecule has 1 amide bonds. The average molecular weight is 426 g/mol. The molecule has 0 aliphatic rings. The minimum Gasteiger partial charge on any atom is -0.490 e. The van der Waals surface area contributed by atoms with Crippen molar-refractivity contribution in [3.8, 4) is 11.5 Å². The van der Waals surface area contributed by atoms with Crippen LogP contribution in [0.2, 0.25) is 0 Å². The number of anilines is 1. The Kier molecular flexibility index (Phi) is 9.62. The van der Waals surface area contributed by atoms with Crippen molar-refractivity contribution < 1.29 is 23.8 Å². The predicted molar refractivity (Wildman–Crippen MR) is 122 cm³/mol. The van der Waals surface area contributed by atoms with E-state index in [1.807, 2.05) is 44.2 Å². The van der Waals surface area contributed by atoms with E-state index in [4.69, 9.17) is 14.2 Å². The third-order valence-corrected chi connectivity index (χ3v) is 4.42. The fraction of sp³-hybridized carbons (Fsp3) is 0.360. The van der Waals surface area contributed by atoms with Crippen LogP contribution in [0, 0.1) is 6.92 Å². The first kappa shape index (κ1) is 24.0. The van der Waals surface area contributed by atoms with E-state index >= 15 is 0 Å². The number of rotatable bonds is 11. The molecule has 0 bridgehead atoms. The van der Waals surface area contributed by atoms with Gasteiger partial charge in [-0.3, -0.25) is 4.79 Å². The Labute approximate surface area is 184 Å². The van der Waals surface area contributed by atoms with Gasteiger partial charge in [0.1, 0.15) is 0 Å². The zero-order valence-corrected chi connectivity index (χ0v) is 18.6. The van der Waals surface area contributed by atoms with E-state index in [1.165, 1.54) is 13.0 Å². The van der Waals surface area contributed by atoms with Crippen LogP contribution in [0.25, 0.3) is 6.08 Å². The van der Waals surface area contributed by atoms with Gasteiger partial charge in [-0.25, -0.2) is 4.79 Å². The van der Waals surface area contributed by atoms with E-state index in [0.29, 0.717) is 30.4 Å². The second-order valence-corrected chi connectivity index (χ2v) is 7.11. The molecular weight excluding hydrogens is 394 g/mol. The number of unbranched alkanes of at least 4 members (excludes halogenated alkanes) is 1. The largest absolute Gasteiger partial charge is 0.490 e. The van der Waals surface area contributed by atoms with E-state index in [9.17, 15) is 9.59 Å². The topological polar surface area (TPSA) is 73.9 Å². The van der Waals surface area contributed by atoms with Crippen LogP contribution in [0.15, 0.2) is 48.5 Å². The number of esters is 1. The number of hydrogen-bond acceptors (Lipinski definition) is 5. The SMILES string of the molecule is CCCCOc1ccc(/C=C/C(=O)O[C@H](C)C(=O)Nc2ccc(C)cc2)cc1OCC. The van der Waals surface area contributed by atoms with Crippen molar-refractivity contribution in [3.63, 3.8) is 0 Å². The summed E-state index contributed by atoms with van der Waals surface area (Å²) in [5, 5.41) is 2.73. The summed E-state index contributed by atoms with van der Waals surface area (Å²) in [6.07, 6.45) is 4.00. The highest BCUT2D eigenvalue weighted by Gasteiger charge is 2.16. The van der Waals surface area contributed by atoms with Gasteiger partial charge in [0.05, 0.1) is 13.2 Å². The molecule has 0 aromatic heterocycles. The number of carbonyl (C=O) groups is 2. The Morgan fingerprint density at radius 3 is 2.45 bits per heavy atom. The lowest BCUT2D eigenvalue weighted by molar-refractivity contribution is -0.148. The molecule has 2 rings (SSSR count). The van der Waals surface area contributed by atoms with Gasteiger partial charge in [0.2, 0.25) is 0 Å². The van der Waals surface area contributed by atoms with E-state index in [1.54, 1.807) is 18.2 Å². The van der Waals surface area contributed by atoms with Crippen molar-refractivity contribution in [2.24, 2.45) is 0 Å². The van der Waals surface area contributed by atoms with Gasteiger partial charge >= 0.3 is 5.97 Å². The van der Waals surface area contributed by atoms with Gasteiger partial charge in [-0.05, 0) is 63.1 Å². The zero-order chi connectivity index (χ0) is 22.6. The molecule has 0 spiro atoms. The van der Waals surface area contributed by atoms with E-state index in [-0.39, 0.29) is 0 Å². The molecule has 0 fully saturated rings. The molecule has 6 heteroatoms. The van der Waals surface area contributed by atoms with E-state index < -0.39 is 18.0 Å². The van der Waals surface area contributed by atoms with Crippen LogP contribution in [-0.2, 0) is 14.3 Å². The molecule has 0 radical (unpaired) electrons. The first-order valence-corrected chi connectivity index (χ1v) is 10.6. The van der Waals surface area contributed by atoms with Crippen molar-refractivity contribution in [1.82, 2.24) is 0 Å². The Bertz CT molecular complexity index is 889. The molecule has 31 heavy (non-hydrogen) atoms. The molecule has 166 valence electrons. The Hall–Kier alpha value is -3.28. The molecule has 6 nitrogen and oxygen atoms in total. The fourth-order valence-corrected chi connectivity index (χ4v) is 2.65. The third-order valence-electron chi connectivity index (χ3n) is 4.42. The van der Waals surface area contributed by atoms with Crippen LogP contribution in [0.4, 0.5) is 5.69 Å². The molecule has 0 heterocycles. The Balaban J connectivity index is 1.94. The van der Waals surface area contributed by atoms with Crippen LogP contribution in [0.1, 0.15) is 44.7 Å². The van der Waals surface area contributed by atoms with Gasteiger partial charge in [0, 0.05) is 11.8 Å². The number of nitrogens with one attached hydrogen (secondary N) is 1. The van der Waals surface area contributed by atoms with Crippen molar-refractivity contribution >= 4 is 23.6 Å². The summed E-state index contributed by atoms with van der Waals surface area (Å²) in [5.74, 6) is 0.307. The van der Waals surface area contributed by atoms with Crippen molar-refractivity contribution in [2.45, 2.75) is 46.6 Å². The Morgan fingerprint density at radius 2 is 1.77 bits per heavy atom. The maximum absolute atomic E-state index is 12.2. The first-order chi connectivity index (χ1) is 14.9. The maximum Gasteiger partial charge on any atom is 0.331 e. The number of ether oxygens (including phenoxy) is 3. The van der Waals surface area contributed by atoms with Crippen molar-refractivity contribution in [3.05, 3.63) is 59.7 Å². The normalized spacial score (nSPS) is 11.7. The summed E-state index contributed by atoms with van der Waals surface area (Å²) in [4.78, 5) is 24.4. The minimum absolute atomic E-state index is 0.391. The molecule has 0 saturated heterocycles. The summed E-state index contributed by atoms with van der Waals surface area (Å²) in [7, 11) is 0. The molecule has 0 aliphatic heterocycles. The third kappa shape index (κ3) is 8.16. The smallest absolute Gasteiger partial charge is 0.331 e. The van der Waals surface area contributed by atoms with Crippen molar-refractivity contribution in [1.29, 1.82) is 0 Å². The summed E-state index contributed by atoms with van der Waals surface area (Å²) < 4.78 is 16.6. The molecule has 2 aromatic rings. The number of carbonyl (C=O) groups excluding carboxylic acids is 2. The highest BCUT2D eigenvalue weighted by atomic mass is 16.5. The lowest BCUT2D eigenvalue weighted by atomic mass is 10.2. The van der Waals surface area contributed by atoms with Gasteiger partial charge in [0.25, 0.3) is 5.91 Å². The fourth-order valence-electron chi connectivity index (χ4n) is 2.65. The quantitative estimate of drug-likeness (QED) is 0.306.